The molecule has 10 nitrogen and oxygen atoms in total. The lowest BCUT2D eigenvalue weighted by molar-refractivity contribution is 0.0283. The number of rotatable bonds is 8. The van der Waals surface area contributed by atoms with Crippen LogP contribution in [0.5, 0.6) is 5.75 Å². The van der Waals surface area contributed by atoms with Crippen LogP contribution in [0.3, 0.4) is 0 Å². The number of nitrogens with zero attached hydrogens (tertiary/aromatic N) is 8. The molecule has 39 heavy (non-hydrogen) atoms. The third kappa shape index (κ3) is 5.55. The Kier molecular flexibility index (Phi) is 6.95. The minimum absolute atomic E-state index is 0.00333. The first-order valence-electron chi connectivity index (χ1n) is 12.3. The lowest BCUT2D eigenvalue weighted by Gasteiger charge is -2.26. The van der Waals surface area contributed by atoms with Crippen molar-refractivity contribution in [3.8, 4) is 28.8 Å². The molecule has 0 fully saturated rings. The van der Waals surface area contributed by atoms with E-state index in [0.717, 1.165) is 22.5 Å². The molecule has 198 valence electrons. The molecule has 11 heteroatoms. The Bertz CT molecular complexity index is 1650. The minimum atomic E-state index is -0.996. The predicted octanol–water partition coefficient (Wildman–Crippen LogP) is 4.85. The molecule has 0 aliphatic carbocycles. The highest BCUT2D eigenvalue weighted by molar-refractivity contribution is 6.30. The summed E-state index contributed by atoms with van der Waals surface area (Å²) >= 11 is 5.97. The average Bonchev–Trinajstić information content (AvgIpc) is 3.56. The molecule has 1 N–H and O–H groups in total. The number of anilines is 1. The highest BCUT2D eigenvalue weighted by Crippen LogP contribution is 2.32. The first-order valence-corrected chi connectivity index (χ1v) is 12.6. The van der Waals surface area contributed by atoms with Crippen LogP contribution in [0.15, 0.2) is 67.5 Å². The summed E-state index contributed by atoms with van der Waals surface area (Å²) in [6, 6.07) is 11.8. The van der Waals surface area contributed by atoms with Crippen molar-refractivity contribution in [1.82, 2.24) is 29.4 Å². The van der Waals surface area contributed by atoms with Crippen molar-refractivity contribution in [2.24, 2.45) is 0 Å². The van der Waals surface area contributed by atoms with Gasteiger partial charge in [-0.2, -0.15) is 15.5 Å². The number of ether oxygens (including phenoxy) is 1. The molecule has 5 heterocycles. The molecule has 5 rings (SSSR count). The van der Waals surface area contributed by atoms with E-state index < -0.39 is 5.60 Å². The third-order valence-corrected chi connectivity index (χ3v) is 6.53. The van der Waals surface area contributed by atoms with Crippen molar-refractivity contribution in [3.63, 3.8) is 0 Å². The lowest BCUT2D eigenvalue weighted by atomic mass is 10.0. The zero-order valence-electron chi connectivity index (χ0n) is 21.9. The number of hydrogen-bond donors (Lipinski definition) is 1. The summed E-state index contributed by atoms with van der Waals surface area (Å²) in [6.45, 7) is 5.54. The standard InChI is InChI=1S/C28H27ClN8O2/c1-18(19-5-8-26(32-11-19)36-15-22(29)14-34-36)35(4)25-7-6-20(12-31-25)24-9-23(39-17-28(2,3)38)16-37-27(24)21(10-30)13-33-37/h5-9,11-16,18,38H,17H2,1-4H3/t18-/m0/s1. The Balaban J connectivity index is 1.40. The maximum absolute atomic E-state index is 10.1. The number of nitriles is 1. The van der Waals surface area contributed by atoms with Gasteiger partial charge in [-0.1, -0.05) is 17.7 Å². The zero-order chi connectivity index (χ0) is 27.7. The van der Waals surface area contributed by atoms with E-state index in [0.29, 0.717) is 27.7 Å². The van der Waals surface area contributed by atoms with Crippen molar-refractivity contribution in [1.29, 1.82) is 5.26 Å². The molecule has 5 aromatic rings. The zero-order valence-corrected chi connectivity index (χ0v) is 22.7. The van der Waals surface area contributed by atoms with E-state index in [1.165, 1.54) is 6.20 Å². The average molecular weight is 543 g/mol. The molecule has 0 unspecified atom stereocenters. The Morgan fingerprint density at radius 2 is 1.92 bits per heavy atom. The Hall–Kier alpha value is -4.46. The van der Waals surface area contributed by atoms with Gasteiger partial charge >= 0.3 is 0 Å². The van der Waals surface area contributed by atoms with Crippen LogP contribution in [-0.2, 0) is 0 Å². The lowest BCUT2D eigenvalue weighted by Crippen LogP contribution is -2.27. The molecule has 0 spiro atoms. The largest absolute Gasteiger partial charge is 0.489 e. The van der Waals surface area contributed by atoms with Gasteiger partial charge in [0.15, 0.2) is 5.82 Å². The van der Waals surface area contributed by atoms with Gasteiger partial charge in [-0.15, -0.1) is 0 Å². The molecule has 0 aromatic carbocycles. The van der Waals surface area contributed by atoms with Crippen LogP contribution >= 0.6 is 11.6 Å². The summed E-state index contributed by atoms with van der Waals surface area (Å²) in [5.41, 5.74) is 2.69. The van der Waals surface area contributed by atoms with Gasteiger partial charge in [0.2, 0.25) is 0 Å². The molecule has 0 aliphatic heterocycles. The molecule has 0 saturated heterocycles. The van der Waals surface area contributed by atoms with Gasteiger partial charge in [0.05, 0.1) is 52.5 Å². The Morgan fingerprint density at radius 1 is 1.10 bits per heavy atom. The fourth-order valence-electron chi connectivity index (χ4n) is 4.12. The monoisotopic (exact) mass is 542 g/mol. The van der Waals surface area contributed by atoms with E-state index >= 15 is 0 Å². The number of aromatic nitrogens is 6. The first kappa shape index (κ1) is 26.2. The fourth-order valence-corrected chi connectivity index (χ4v) is 4.26. The minimum Gasteiger partial charge on any atom is -0.489 e. The van der Waals surface area contributed by atoms with Gasteiger partial charge in [-0.3, -0.25) is 0 Å². The molecular weight excluding hydrogens is 516 g/mol. The topological polar surface area (TPSA) is 117 Å². The first-order chi connectivity index (χ1) is 18.6. The molecule has 0 radical (unpaired) electrons. The molecular formula is C28H27ClN8O2. The molecule has 0 amide bonds. The Labute approximate surface area is 230 Å². The predicted molar refractivity (Wildman–Crippen MR) is 148 cm³/mol. The number of pyridine rings is 3. The van der Waals surface area contributed by atoms with E-state index in [2.05, 4.69) is 33.1 Å². The molecule has 1 atom stereocenters. The van der Waals surface area contributed by atoms with E-state index in [9.17, 15) is 10.4 Å². The fraction of sp³-hybridized carbons (Fsp3) is 0.250. The highest BCUT2D eigenvalue weighted by atomic mass is 35.5. The van der Waals surface area contributed by atoms with Crippen LogP contribution in [-0.4, -0.2) is 53.7 Å². The van der Waals surface area contributed by atoms with Crippen LogP contribution < -0.4 is 9.64 Å². The van der Waals surface area contributed by atoms with Crippen molar-refractivity contribution in [3.05, 3.63) is 83.7 Å². The second-order valence-electron chi connectivity index (χ2n) is 9.90. The maximum Gasteiger partial charge on any atom is 0.153 e. The molecule has 0 aliphatic rings. The maximum atomic E-state index is 10.1. The van der Waals surface area contributed by atoms with Gasteiger partial charge in [0.1, 0.15) is 24.2 Å². The van der Waals surface area contributed by atoms with E-state index in [1.807, 2.05) is 43.6 Å². The quantitative estimate of drug-likeness (QED) is 0.296. The normalized spacial score (nSPS) is 12.3. The second kappa shape index (κ2) is 10.4. The number of aliphatic hydroxyl groups is 1. The number of hydrogen-bond acceptors (Lipinski definition) is 8. The summed E-state index contributed by atoms with van der Waals surface area (Å²) in [6.07, 6.45) is 10.1. The SMILES string of the molecule is C[C@@H](c1ccc(-n2cc(Cl)cn2)nc1)N(C)c1ccc(-c2cc(OCC(C)(C)O)cn3ncc(C#N)c23)cn1. The van der Waals surface area contributed by atoms with Crippen molar-refractivity contribution < 1.29 is 9.84 Å². The van der Waals surface area contributed by atoms with Crippen molar-refractivity contribution in [2.45, 2.75) is 32.4 Å². The van der Waals surface area contributed by atoms with Gasteiger partial charge in [-0.05, 0) is 50.6 Å². The van der Waals surface area contributed by atoms with Gasteiger partial charge in [0, 0.05) is 30.6 Å². The van der Waals surface area contributed by atoms with E-state index in [4.69, 9.17) is 21.3 Å². The molecule has 0 bridgehead atoms. The van der Waals surface area contributed by atoms with Gasteiger partial charge in [-0.25, -0.2) is 19.2 Å². The van der Waals surface area contributed by atoms with E-state index in [1.54, 1.807) is 47.8 Å². The van der Waals surface area contributed by atoms with Crippen LogP contribution in [0, 0.1) is 11.3 Å². The Morgan fingerprint density at radius 3 is 2.54 bits per heavy atom. The number of halogens is 1. The highest BCUT2D eigenvalue weighted by Gasteiger charge is 2.19. The molecule has 5 aromatic heterocycles. The van der Waals surface area contributed by atoms with Gasteiger partial charge < -0.3 is 14.7 Å². The van der Waals surface area contributed by atoms with E-state index in [-0.39, 0.29) is 12.6 Å². The number of fused-ring (bicyclic) bond motifs is 1. The van der Waals surface area contributed by atoms with Crippen LogP contribution in [0.1, 0.15) is 37.9 Å². The molecule has 0 saturated carbocycles. The summed E-state index contributed by atoms with van der Waals surface area (Å²) in [7, 11) is 1.97. The summed E-state index contributed by atoms with van der Waals surface area (Å²) in [5, 5.41) is 28.8. The van der Waals surface area contributed by atoms with Crippen molar-refractivity contribution >= 4 is 22.9 Å². The third-order valence-electron chi connectivity index (χ3n) is 6.34. The summed E-state index contributed by atoms with van der Waals surface area (Å²) < 4.78 is 9.06. The second-order valence-corrected chi connectivity index (χ2v) is 10.3. The van der Waals surface area contributed by atoms with Crippen LogP contribution in [0.4, 0.5) is 5.82 Å². The summed E-state index contributed by atoms with van der Waals surface area (Å²) in [5.74, 6) is 1.98. The smallest absolute Gasteiger partial charge is 0.153 e. The van der Waals surface area contributed by atoms with Gasteiger partial charge in [0.25, 0.3) is 0 Å². The van der Waals surface area contributed by atoms with Crippen LogP contribution in [0.2, 0.25) is 5.02 Å². The van der Waals surface area contributed by atoms with Crippen LogP contribution in [0.25, 0.3) is 22.5 Å². The summed E-state index contributed by atoms with van der Waals surface area (Å²) in [4.78, 5) is 11.3. The van der Waals surface area contributed by atoms with Crippen molar-refractivity contribution in [2.75, 3.05) is 18.6 Å².